The minimum Gasteiger partial charge on any atom is -0.316 e. The van der Waals surface area contributed by atoms with Crippen molar-refractivity contribution in [2.45, 2.75) is 12.5 Å². The first-order valence-corrected chi connectivity index (χ1v) is 7.47. The lowest BCUT2D eigenvalue weighted by Crippen LogP contribution is -2.34. The average Bonchev–Trinajstić information content (AvgIpc) is 2.26. The van der Waals surface area contributed by atoms with E-state index in [9.17, 15) is 18.5 Å². The fourth-order valence-electron chi connectivity index (χ4n) is 1.74. The zero-order valence-corrected chi connectivity index (χ0v) is 11.1. The quantitative estimate of drug-likeness (QED) is 0.610. The first-order chi connectivity index (χ1) is 8.33. The van der Waals surface area contributed by atoms with Gasteiger partial charge in [-0.2, -0.15) is 0 Å². The molecule has 1 aromatic carbocycles. The molecule has 0 aliphatic carbocycles. The number of nitro groups is 1. The van der Waals surface area contributed by atoms with Gasteiger partial charge in [0, 0.05) is 23.9 Å². The van der Waals surface area contributed by atoms with Crippen LogP contribution in [0.25, 0.3) is 0 Å². The second-order valence-electron chi connectivity index (χ2n) is 4.17. The average molecular weight is 272 g/mol. The number of hydrogen-bond acceptors (Lipinski definition) is 5. The van der Waals surface area contributed by atoms with E-state index in [0.29, 0.717) is 12.0 Å². The molecule has 0 aliphatic heterocycles. The maximum Gasteiger partial charge on any atom is 0.272 e. The molecule has 0 saturated carbocycles. The fourth-order valence-corrected chi connectivity index (χ4v) is 2.75. The van der Waals surface area contributed by atoms with Gasteiger partial charge in [0.05, 0.1) is 10.7 Å². The van der Waals surface area contributed by atoms with Gasteiger partial charge in [-0.1, -0.05) is 18.2 Å². The van der Waals surface area contributed by atoms with Crippen molar-refractivity contribution in [1.29, 1.82) is 0 Å². The van der Waals surface area contributed by atoms with Crippen molar-refractivity contribution in [2.24, 2.45) is 0 Å². The van der Waals surface area contributed by atoms with Crippen molar-refractivity contribution in [1.82, 2.24) is 5.32 Å². The SMILES string of the molecule is CNC(Cc1ccccc1[N+](=O)[O-])CS(C)(=O)=O. The highest BCUT2D eigenvalue weighted by molar-refractivity contribution is 7.90. The van der Waals surface area contributed by atoms with Crippen LogP contribution in [0.3, 0.4) is 0 Å². The smallest absolute Gasteiger partial charge is 0.272 e. The van der Waals surface area contributed by atoms with Crippen molar-refractivity contribution in [3.8, 4) is 0 Å². The number of sulfone groups is 1. The molecule has 6 nitrogen and oxygen atoms in total. The van der Waals surface area contributed by atoms with E-state index < -0.39 is 14.8 Å². The van der Waals surface area contributed by atoms with E-state index in [1.807, 2.05) is 0 Å². The van der Waals surface area contributed by atoms with Crippen LogP contribution in [-0.2, 0) is 16.3 Å². The Morgan fingerprint density at radius 1 is 1.39 bits per heavy atom. The fraction of sp³-hybridized carbons (Fsp3) is 0.455. The van der Waals surface area contributed by atoms with E-state index in [-0.39, 0.29) is 17.5 Å². The third kappa shape index (κ3) is 4.42. The Kier molecular flexibility index (Phi) is 4.80. The molecule has 0 bridgehead atoms. The van der Waals surface area contributed by atoms with Gasteiger partial charge in [-0.15, -0.1) is 0 Å². The van der Waals surface area contributed by atoms with Crippen LogP contribution >= 0.6 is 0 Å². The monoisotopic (exact) mass is 272 g/mol. The van der Waals surface area contributed by atoms with Gasteiger partial charge in [0.15, 0.2) is 0 Å². The summed E-state index contributed by atoms with van der Waals surface area (Å²) in [7, 11) is -1.48. The van der Waals surface area contributed by atoms with Crippen molar-refractivity contribution >= 4 is 15.5 Å². The highest BCUT2D eigenvalue weighted by Gasteiger charge is 2.19. The molecule has 1 atom stereocenters. The normalized spacial score (nSPS) is 13.2. The topological polar surface area (TPSA) is 89.3 Å². The first-order valence-electron chi connectivity index (χ1n) is 5.41. The Morgan fingerprint density at radius 2 is 2.00 bits per heavy atom. The number of nitrogens with one attached hydrogen (secondary N) is 1. The molecule has 1 aromatic rings. The summed E-state index contributed by atoms with van der Waals surface area (Å²) in [5, 5.41) is 13.7. The summed E-state index contributed by atoms with van der Waals surface area (Å²) in [6.45, 7) is 0. The molecule has 0 heterocycles. The molecule has 0 saturated heterocycles. The van der Waals surface area contributed by atoms with E-state index in [1.165, 1.54) is 6.07 Å². The summed E-state index contributed by atoms with van der Waals surface area (Å²) in [4.78, 5) is 10.4. The van der Waals surface area contributed by atoms with Crippen molar-refractivity contribution in [3.63, 3.8) is 0 Å². The van der Waals surface area contributed by atoms with Crippen LogP contribution in [0.2, 0.25) is 0 Å². The molecular weight excluding hydrogens is 256 g/mol. The number of nitrogens with zero attached hydrogens (tertiary/aromatic N) is 1. The van der Waals surface area contributed by atoms with Gasteiger partial charge in [-0.25, -0.2) is 8.42 Å². The number of likely N-dealkylation sites (N-methyl/N-ethyl adjacent to an activating group) is 1. The zero-order valence-electron chi connectivity index (χ0n) is 10.3. The van der Waals surface area contributed by atoms with E-state index in [1.54, 1.807) is 25.2 Å². The molecule has 100 valence electrons. The molecule has 1 rings (SSSR count). The van der Waals surface area contributed by atoms with Gasteiger partial charge in [0.1, 0.15) is 9.84 Å². The Balaban J connectivity index is 2.92. The molecule has 0 spiro atoms. The molecule has 18 heavy (non-hydrogen) atoms. The first kappa shape index (κ1) is 14.6. The molecule has 0 radical (unpaired) electrons. The third-order valence-corrected chi connectivity index (χ3v) is 3.57. The second-order valence-corrected chi connectivity index (χ2v) is 6.35. The highest BCUT2D eigenvalue weighted by atomic mass is 32.2. The summed E-state index contributed by atoms with van der Waals surface area (Å²) in [5.74, 6) is -0.0461. The molecule has 0 fully saturated rings. The lowest BCUT2D eigenvalue weighted by Gasteiger charge is -2.14. The van der Waals surface area contributed by atoms with Crippen LogP contribution in [0.4, 0.5) is 5.69 Å². The highest BCUT2D eigenvalue weighted by Crippen LogP contribution is 2.19. The number of hydrogen-bond donors (Lipinski definition) is 1. The second kappa shape index (κ2) is 5.92. The number of nitro benzene ring substituents is 1. The van der Waals surface area contributed by atoms with Crippen LogP contribution in [0.15, 0.2) is 24.3 Å². The van der Waals surface area contributed by atoms with Gasteiger partial charge < -0.3 is 5.32 Å². The van der Waals surface area contributed by atoms with Crippen LogP contribution in [-0.4, -0.2) is 38.4 Å². The Labute approximate surface area is 106 Å². The summed E-state index contributed by atoms with van der Waals surface area (Å²) in [6.07, 6.45) is 1.46. The molecule has 0 aliphatic rings. The van der Waals surface area contributed by atoms with Gasteiger partial charge in [0.2, 0.25) is 0 Å². The molecule has 0 aromatic heterocycles. The van der Waals surface area contributed by atoms with Crippen LogP contribution in [0, 0.1) is 10.1 Å². The van der Waals surface area contributed by atoms with Gasteiger partial charge in [-0.05, 0) is 13.5 Å². The van der Waals surface area contributed by atoms with E-state index in [2.05, 4.69) is 5.32 Å². The summed E-state index contributed by atoms with van der Waals surface area (Å²) in [5.41, 5.74) is 0.553. The third-order valence-electron chi connectivity index (χ3n) is 2.57. The maximum absolute atomic E-state index is 11.2. The van der Waals surface area contributed by atoms with Crippen molar-refractivity contribution in [3.05, 3.63) is 39.9 Å². The van der Waals surface area contributed by atoms with Crippen LogP contribution in [0.1, 0.15) is 5.56 Å². The predicted octanol–water partition coefficient (Wildman–Crippen LogP) is 0.770. The van der Waals surface area contributed by atoms with E-state index >= 15 is 0 Å². The van der Waals surface area contributed by atoms with E-state index in [4.69, 9.17) is 0 Å². The number of para-hydroxylation sites is 1. The maximum atomic E-state index is 11.2. The number of benzene rings is 1. The van der Waals surface area contributed by atoms with Crippen LogP contribution in [0.5, 0.6) is 0 Å². The van der Waals surface area contributed by atoms with Gasteiger partial charge >= 0.3 is 0 Å². The van der Waals surface area contributed by atoms with Gasteiger partial charge in [-0.3, -0.25) is 10.1 Å². The van der Waals surface area contributed by atoms with Crippen molar-refractivity contribution in [2.75, 3.05) is 19.1 Å². The Morgan fingerprint density at radius 3 is 2.50 bits per heavy atom. The Hall–Kier alpha value is -1.47. The summed E-state index contributed by atoms with van der Waals surface area (Å²) >= 11 is 0. The largest absolute Gasteiger partial charge is 0.316 e. The van der Waals surface area contributed by atoms with Crippen molar-refractivity contribution < 1.29 is 13.3 Å². The van der Waals surface area contributed by atoms with Gasteiger partial charge in [0.25, 0.3) is 5.69 Å². The summed E-state index contributed by atoms with van der Waals surface area (Å²) < 4.78 is 22.5. The molecular formula is C11H16N2O4S. The molecule has 0 amide bonds. The minimum absolute atomic E-state index is 0.0197. The minimum atomic E-state index is -3.12. The van der Waals surface area contributed by atoms with E-state index in [0.717, 1.165) is 6.26 Å². The standard InChI is InChI=1S/C11H16N2O4S/c1-12-10(8-18(2,16)17)7-9-5-3-4-6-11(9)13(14)15/h3-6,10,12H,7-8H2,1-2H3. The predicted molar refractivity (Wildman–Crippen MR) is 69.4 cm³/mol. The molecule has 7 heteroatoms. The molecule has 1 unspecified atom stereocenters. The molecule has 1 N–H and O–H groups in total. The zero-order chi connectivity index (χ0) is 13.8. The lowest BCUT2D eigenvalue weighted by molar-refractivity contribution is -0.385. The summed E-state index contributed by atoms with van der Waals surface area (Å²) in [6, 6.07) is 6.02. The Bertz CT molecular complexity index is 528. The number of rotatable bonds is 6. The lowest BCUT2D eigenvalue weighted by atomic mass is 10.1. The van der Waals surface area contributed by atoms with Crippen LogP contribution < -0.4 is 5.32 Å².